The highest BCUT2D eigenvalue weighted by Crippen LogP contribution is 2.38. The molecule has 1 aliphatic heterocycles. The van der Waals surface area contributed by atoms with Gasteiger partial charge in [-0.25, -0.2) is 0 Å². The Morgan fingerprint density at radius 1 is 0.958 bits per heavy atom. The highest BCUT2D eigenvalue weighted by atomic mass is 16.1. The molecule has 1 aliphatic carbocycles. The van der Waals surface area contributed by atoms with Crippen LogP contribution in [0.5, 0.6) is 0 Å². The van der Waals surface area contributed by atoms with Gasteiger partial charge in [-0.3, -0.25) is 9.69 Å². The molecule has 0 atom stereocenters. The Labute approximate surface area is 142 Å². The molecule has 1 saturated carbocycles. The molecule has 4 rings (SSSR count). The molecule has 2 fully saturated rings. The predicted octanol–water partition coefficient (Wildman–Crippen LogP) is 2.36. The molecule has 1 saturated heterocycles. The van der Waals surface area contributed by atoms with Crippen LogP contribution in [0.1, 0.15) is 34.8 Å². The molecule has 5 heteroatoms. The molecular weight excluding hydrogens is 300 g/mol. The minimum atomic E-state index is 0.192. The smallest absolute Gasteiger partial charge is 0.176 e. The number of rotatable bonds is 5. The Morgan fingerprint density at radius 3 is 2.33 bits per heavy atom. The summed E-state index contributed by atoms with van der Waals surface area (Å²) in [7, 11) is 0. The van der Waals surface area contributed by atoms with Gasteiger partial charge in [0.15, 0.2) is 11.6 Å². The Balaban J connectivity index is 1.30. The second-order valence-corrected chi connectivity index (χ2v) is 6.64. The third-order valence-electron chi connectivity index (χ3n) is 4.83. The highest BCUT2D eigenvalue weighted by molar-refractivity contribution is 5.97. The van der Waals surface area contributed by atoms with E-state index in [1.807, 2.05) is 30.3 Å². The SMILES string of the molecule is O=C(CN1CCN(c2ccc(C3CC3)nn2)CC1)c1ccccc1. The number of hydrogen-bond donors (Lipinski definition) is 0. The Kier molecular flexibility index (Phi) is 4.26. The molecule has 1 aromatic heterocycles. The van der Waals surface area contributed by atoms with Crippen LogP contribution < -0.4 is 4.90 Å². The first-order valence-corrected chi connectivity index (χ1v) is 8.69. The fourth-order valence-electron chi connectivity index (χ4n) is 3.15. The third kappa shape index (κ3) is 3.46. The van der Waals surface area contributed by atoms with Crippen molar-refractivity contribution in [2.24, 2.45) is 0 Å². The predicted molar refractivity (Wildman–Crippen MR) is 93.4 cm³/mol. The Hall–Kier alpha value is -2.27. The van der Waals surface area contributed by atoms with Crippen LogP contribution in [0.2, 0.25) is 0 Å². The fraction of sp³-hybridized carbons (Fsp3) is 0.421. The number of hydrogen-bond acceptors (Lipinski definition) is 5. The van der Waals surface area contributed by atoms with E-state index < -0.39 is 0 Å². The number of aromatic nitrogens is 2. The molecule has 5 nitrogen and oxygen atoms in total. The van der Waals surface area contributed by atoms with Crippen molar-refractivity contribution in [3.63, 3.8) is 0 Å². The van der Waals surface area contributed by atoms with Crippen molar-refractivity contribution in [3.8, 4) is 0 Å². The standard InChI is InChI=1S/C19H22N4O/c24-18(16-4-2-1-3-5-16)14-22-10-12-23(13-11-22)19-9-8-17(20-21-19)15-6-7-15/h1-5,8-9,15H,6-7,10-14H2. The number of anilines is 1. The molecule has 0 bridgehead atoms. The maximum atomic E-state index is 12.3. The van der Waals surface area contributed by atoms with E-state index in [1.165, 1.54) is 12.8 Å². The summed E-state index contributed by atoms with van der Waals surface area (Å²) < 4.78 is 0. The number of benzene rings is 1. The lowest BCUT2D eigenvalue weighted by atomic mass is 10.1. The molecule has 2 aromatic rings. The van der Waals surface area contributed by atoms with Crippen LogP contribution >= 0.6 is 0 Å². The summed E-state index contributed by atoms with van der Waals surface area (Å²) in [6, 6.07) is 13.7. The molecule has 0 N–H and O–H groups in total. The van der Waals surface area contributed by atoms with Gasteiger partial charge in [0.05, 0.1) is 12.2 Å². The van der Waals surface area contributed by atoms with Crippen LogP contribution in [0.25, 0.3) is 0 Å². The number of nitrogens with zero attached hydrogens (tertiary/aromatic N) is 4. The molecule has 0 spiro atoms. The maximum absolute atomic E-state index is 12.3. The van der Waals surface area contributed by atoms with E-state index in [0.717, 1.165) is 43.3 Å². The average Bonchev–Trinajstić information content (AvgIpc) is 3.48. The van der Waals surface area contributed by atoms with Gasteiger partial charge in [0.2, 0.25) is 0 Å². The van der Waals surface area contributed by atoms with Crippen molar-refractivity contribution in [2.75, 3.05) is 37.6 Å². The number of piperazine rings is 1. The fourth-order valence-corrected chi connectivity index (χ4v) is 3.15. The van der Waals surface area contributed by atoms with Crippen LogP contribution in [0.15, 0.2) is 42.5 Å². The van der Waals surface area contributed by atoms with Crippen molar-refractivity contribution < 1.29 is 4.79 Å². The van der Waals surface area contributed by atoms with E-state index in [0.29, 0.717) is 12.5 Å². The minimum Gasteiger partial charge on any atom is -0.353 e. The first kappa shape index (κ1) is 15.3. The molecular formula is C19H22N4O. The van der Waals surface area contributed by atoms with Crippen molar-refractivity contribution >= 4 is 11.6 Å². The number of Topliss-reactive ketones (excluding diaryl/α,β-unsaturated/α-hetero) is 1. The van der Waals surface area contributed by atoms with Gasteiger partial charge < -0.3 is 4.90 Å². The first-order chi connectivity index (χ1) is 11.8. The van der Waals surface area contributed by atoms with Gasteiger partial charge in [0.1, 0.15) is 0 Å². The van der Waals surface area contributed by atoms with Gasteiger partial charge in [-0.05, 0) is 25.0 Å². The van der Waals surface area contributed by atoms with E-state index in [2.05, 4.69) is 32.1 Å². The molecule has 2 heterocycles. The molecule has 124 valence electrons. The molecule has 2 aliphatic rings. The normalized spacial score (nSPS) is 18.6. The van der Waals surface area contributed by atoms with E-state index in [4.69, 9.17) is 0 Å². The molecule has 0 unspecified atom stereocenters. The summed E-state index contributed by atoms with van der Waals surface area (Å²) in [4.78, 5) is 16.8. The van der Waals surface area contributed by atoms with Gasteiger partial charge in [-0.1, -0.05) is 30.3 Å². The third-order valence-corrected chi connectivity index (χ3v) is 4.83. The van der Waals surface area contributed by atoms with Gasteiger partial charge in [0, 0.05) is 37.7 Å². The van der Waals surface area contributed by atoms with Crippen LogP contribution in [0.3, 0.4) is 0 Å². The van der Waals surface area contributed by atoms with Crippen LogP contribution in [-0.4, -0.2) is 53.6 Å². The van der Waals surface area contributed by atoms with Gasteiger partial charge >= 0.3 is 0 Å². The van der Waals surface area contributed by atoms with E-state index >= 15 is 0 Å². The molecule has 0 radical (unpaired) electrons. The zero-order chi connectivity index (χ0) is 16.4. The van der Waals surface area contributed by atoms with Crippen molar-refractivity contribution in [2.45, 2.75) is 18.8 Å². The molecule has 24 heavy (non-hydrogen) atoms. The maximum Gasteiger partial charge on any atom is 0.176 e. The summed E-state index contributed by atoms with van der Waals surface area (Å²) >= 11 is 0. The lowest BCUT2D eigenvalue weighted by Gasteiger charge is -2.34. The number of carbonyl (C=O) groups is 1. The van der Waals surface area contributed by atoms with Gasteiger partial charge in [-0.15, -0.1) is 5.10 Å². The van der Waals surface area contributed by atoms with E-state index in [9.17, 15) is 4.79 Å². The monoisotopic (exact) mass is 322 g/mol. The van der Waals surface area contributed by atoms with Crippen LogP contribution in [0.4, 0.5) is 5.82 Å². The summed E-state index contributed by atoms with van der Waals surface area (Å²) in [5.41, 5.74) is 1.92. The van der Waals surface area contributed by atoms with Crippen molar-refractivity contribution in [3.05, 3.63) is 53.7 Å². The summed E-state index contributed by atoms with van der Waals surface area (Å²) in [6.07, 6.45) is 2.50. The lowest BCUT2D eigenvalue weighted by Crippen LogP contribution is -2.48. The molecule has 1 aromatic carbocycles. The minimum absolute atomic E-state index is 0.192. The topological polar surface area (TPSA) is 49.3 Å². The summed E-state index contributed by atoms with van der Waals surface area (Å²) in [5, 5.41) is 8.75. The molecule has 0 amide bonds. The van der Waals surface area contributed by atoms with Gasteiger partial charge in [-0.2, -0.15) is 5.10 Å². The lowest BCUT2D eigenvalue weighted by molar-refractivity contribution is 0.0926. The highest BCUT2D eigenvalue weighted by Gasteiger charge is 2.26. The van der Waals surface area contributed by atoms with Crippen molar-refractivity contribution in [1.29, 1.82) is 0 Å². The number of carbonyl (C=O) groups excluding carboxylic acids is 1. The zero-order valence-corrected chi connectivity index (χ0v) is 13.8. The summed E-state index contributed by atoms with van der Waals surface area (Å²) in [6.45, 7) is 4.03. The van der Waals surface area contributed by atoms with Crippen molar-refractivity contribution in [1.82, 2.24) is 15.1 Å². The largest absolute Gasteiger partial charge is 0.353 e. The second-order valence-electron chi connectivity index (χ2n) is 6.64. The first-order valence-electron chi connectivity index (χ1n) is 8.69. The number of ketones is 1. The Morgan fingerprint density at radius 2 is 1.71 bits per heavy atom. The zero-order valence-electron chi connectivity index (χ0n) is 13.8. The average molecular weight is 322 g/mol. The van der Waals surface area contributed by atoms with Crippen LogP contribution in [-0.2, 0) is 0 Å². The van der Waals surface area contributed by atoms with Gasteiger partial charge in [0.25, 0.3) is 0 Å². The Bertz CT molecular complexity index is 689. The second kappa shape index (κ2) is 6.69. The van der Waals surface area contributed by atoms with E-state index in [-0.39, 0.29) is 5.78 Å². The van der Waals surface area contributed by atoms with Crippen LogP contribution in [0, 0.1) is 0 Å². The van der Waals surface area contributed by atoms with E-state index in [1.54, 1.807) is 0 Å². The summed E-state index contributed by atoms with van der Waals surface area (Å²) in [5.74, 6) is 1.79. The quantitative estimate of drug-likeness (QED) is 0.791.